The number of thiazole rings is 1. The molecule has 6 rings (SSSR count). The first-order chi connectivity index (χ1) is 16.9. The third kappa shape index (κ3) is 4.51. The Morgan fingerprint density at radius 2 is 1.83 bits per heavy atom. The molecule has 178 valence electrons. The number of carbonyl (C=O) groups is 1. The van der Waals surface area contributed by atoms with Gasteiger partial charge in [-0.25, -0.2) is 4.98 Å². The first-order valence-corrected chi connectivity index (χ1v) is 13.2. The van der Waals surface area contributed by atoms with Crippen molar-refractivity contribution in [3.05, 3.63) is 82.9 Å². The molecule has 0 N–H and O–H groups in total. The van der Waals surface area contributed by atoms with Gasteiger partial charge in [-0.1, -0.05) is 85.8 Å². The van der Waals surface area contributed by atoms with E-state index in [-0.39, 0.29) is 17.2 Å². The van der Waals surface area contributed by atoms with Crippen LogP contribution in [0.2, 0.25) is 0 Å². The van der Waals surface area contributed by atoms with Gasteiger partial charge in [0.15, 0.2) is 10.9 Å². The van der Waals surface area contributed by atoms with Gasteiger partial charge in [0.05, 0.1) is 29.8 Å². The topological polar surface area (TPSA) is 42.4 Å². The molecule has 4 aromatic rings. The summed E-state index contributed by atoms with van der Waals surface area (Å²) in [5.74, 6) is 0.243. The standard InChI is InChI=1S/C30H30N2O2S/c1-30(2)17-26-28(27(33)18-30)35-29(31-26)32-12-13-34-19-25(32)15-20-6-5-9-22(14-20)24-11-10-21-7-3-4-8-23(21)16-24/h3-11,14,16,25H,12-13,15,17-19H2,1-2H3. The normalized spacial score (nSPS) is 19.7. The fraction of sp³-hybridized carbons (Fsp3) is 0.333. The molecule has 2 heterocycles. The van der Waals surface area contributed by atoms with Crippen molar-refractivity contribution in [1.82, 2.24) is 4.98 Å². The van der Waals surface area contributed by atoms with Crippen LogP contribution in [0.25, 0.3) is 21.9 Å². The van der Waals surface area contributed by atoms with Crippen LogP contribution in [0.15, 0.2) is 66.7 Å². The summed E-state index contributed by atoms with van der Waals surface area (Å²) in [7, 11) is 0. The Morgan fingerprint density at radius 1 is 1.00 bits per heavy atom. The molecule has 1 aliphatic carbocycles. The highest BCUT2D eigenvalue weighted by atomic mass is 32.1. The number of ketones is 1. The van der Waals surface area contributed by atoms with Crippen LogP contribution >= 0.6 is 11.3 Å². The Bertz CT molecular complexity index is 1410. The molecule has 35 heavy (non-hydrogen) atoms. The molecule has 4 nitrogen and oxygen atoms in total. The molecular weight excluding hydrogens is 452 g/mol. The highest BCUT2D eigenvalue weighted by Crippen LogP contribution is 2.40. The lowest BCUT2D eigenvalue weighted by molar-refractivity contribution is 0.0915. The lowest BCUT2D eigenvalue weighted by Crippen LogP contribution is -2.46. The Hall–Kier alpha value is -3.02. The van der Waals surface area contributed by atoms with Crippen LogP contribution in [0.3, 0.4) is 0 Å². The van der Waals surface area contributed by atoms with Crippen LogP contribution in [0, 0.1) is 5.41 Å². The Balaban J connectivity index is 1.26. The SMILES string of the molecule is CC1(C)CC(=O)c2sc(N3CCOCC3Cc3cccc(-c4ccc5ccccc5c4)c3)nc2C1. The Morgan fingerprint density at radius 3 is 2.71 bits per heavy atom. The summed E-state index contributed by atoms with van der Waals surface area (Å²) in [6, 6.07) is 24.2. The number of aromatic nitrogens is 1. The van der Waals surface area contributed by atoms with Gasteiger partial charge in [0.2, 0.25) is 0 Å². The van der Waals surface area contributed by atoms with Gasteiger partial charge in [-0.2, -0.15) is 0 Å². The second-order valence-corrected chi connectivity index (χ2v) is 11.6. The van der Waals surface area contributed by atoms with Crippen LogP contribution in [0.1, 0.15) is 41.2 Å². The minimum atomic E-state index is -0.0109. The average Bonchev–Trinajstić information content (AvgIpc) is 3.27. The molecule has 1 aliphatic heterocycles. The lowest BCUT2D eigenvalue weighted by atomic mass is 9.78. The summed E-state index contributed by atoms with van der Waals surface area (Å²) in [6.07, 6.45) is 2.36. The maximum absolute atomic E-state index is 12.8. The number of benzene rings is 3. The average molecular weight is 483 g/mol. The van der Waals surface area contributed by atoms with E-state index in [1.54, 1.807) is 11.3 Å². The summed E-state index contributed by atoms with van der Waals surface area (Å²) in [5.41, 5.74) is 4.72. The number of nitrogens with zero attached hydrogens (tertiary/aromatic N) is 2. The molecule has 0 amide bonds. The zero-order valence-electron chi connectivity index (χ0n) is 20.3. The molecule has 0 spiro atoms. The molecule has 2 aliphatic rings. The van der Waals surface area contributed by atoms with E-state index >= 15 is 0 Å². The van der Waals surface area contributed by atoms with Gasteiger partial charge >= 0.3 is 0 Å². The van der Waals surface area contributed by atoms with Crippen molar-refractivity contribution in [1.29, 1.82) is 0 Å². The van der Waals surface area contributed by atoms with Crippen molar-refractivity contribution < 1.29 is 9.53 Å². The number of hydrogen-bond donors (Lipinski definition) is 0. The van der Waals surface area contributed by atoms with E-state index < -0.39 is 0 Å². The van der Waals surface area contributed by atoms with Gasteiger partial charge < -0.3 is 9.64 Å². The number of anilines is 1. The van der Waals surface area contributed by atoms with Gasteiger partial charge in [0.1, 0.15) is 0 Å². The van der Waals surface area contributed by atoms with Crippen molar-refractivity contribution >= 4 is 33.0 Å². The number of Topliss-reactive ketones (excluding diaryl/α,β-unsaturated/α-hetero) is 1. The molecule has 1 saturated heterocycles. The molecule has 0 radical (unpaired) electrons. The van der Waals surface area contributed by atoms with Crippen molar-refractivity contribution in [2.75, 3.05) is 24.7 Å². The minimum absolute atomic E-state index is 0.0109. The third-order valence-electron chi connectivity index (χ3n) is 7.18. The molecule has 1 unspecified atom stereocenters. The maximum atomic E-state index is 12.8. The minimum Gasteiger partial charge on any atom is -0.377 e. The van der Waals surface area contributed by atoms with E-state index in [4.69, 9.17) is 9.72 Å². The quantitative estimate of drug-likeness (QED) is 0.330. The highest BCUT2D eigenvalue weighted by molar-refractivity contribution is 7.17. The Kier molecular flexibility index (Phi) is 5.70. The fourth-order valence-electron chi connectivity index (χ4n) is 5.43. The fourth-order valence-corrected chi connectivity index (χ4v) is 6.54. The smallest absolute Gasteiger partial charge is 0.186 e. The number of fused-ring (bicyclic) bond motifs is 2. The summed E-state index contributed by atoms with van der Waals surface area (Å²) < 4.78 is 5.89. The molecule has 0 saturated carbocycles. The molecular formula is C30H30N2O2S. The predicted octanol–water partition coefficient (Wildman–Crippen LogP) is 6.57. The molecule has 1 aromatic heterocycles. The van der Waals surface area contributed by atoms with E-state index in [0.717, 1.165) is 35.1 Å². The first kappa shape index (κ1) is 22.4. The van der Waals surface area contributed by atoms with Gasteiger partial charge in [-0.15, -0.1) is 0 Å². The number of ether oxygens (including phenoxy) is 1. The van der Waals surface area contributed by atoms with Crippen molar-refractivity contribution in [2.45, 2.75) is 39.2 Å². The second-order valence-electron chi connectivity index (χ2n) is 10.6. The predicted molar refractivity (Wildman–Crippen MR) is 144 cm³/mol. The van der Waals surface area contributed by atoms with Crippen molar-refractivity contribution in [3.8, 4) is 11.1 Å². The zero-order chi connectivity index (χ0) is 24.0. The maximum Gasteiger partial charge on any atom is 0.186 e. The van der Waals surface area contributed by atoms with Crippen molar-refractivity contribution in [3.63, 3.8) is 0 Å². The van der Waals surface area contributed by atoms with E-state index in [9.17, 15) is 4.79 Å². The van der Waals surface area contributed by atoms with E-state index in [2.05, 4.69) is 85.5 Å². The second kappa shape index (κ2) is 8.89. The first-order valence-electron chi connectivity index (χ1n) is 12.4. The molecule has 0 bridgehead atoms. The summed E-state index contributed by atoms with van der Waals surface area (Å²) >= 11 is 1.58. The van der Waals surface area contributed by atoms with Crippen LogP contribution in [-0.2, 0) is 17.6 Å². The zero-order valence-corrected chi connectivity index (χ0v) is 21.1. The monoisotopic (exact) mass is 482 g/mol. The largest absolute Gasteiger partial charge is 0.377 e. The summed E-state index contributed by atoms with van der Waals surface area (Å²) in [5, 5.41) is 3.49. The van der Waals surface area contributed by atoms with Crippen LogP contribution in [-0.4, -0.2) is 36.6 Å². The third-order valence-corrected chi connectivity index (χ3v) is 8.35. The van der Waals surface area contributed by atoms with Crippen LogP contribution in [0.4, 0.5) is 5.13 Å². The Labute approximate surface area is 210 Å². The number of carbonyl (C=O) groups excluding carboxylic acids is 1. The molecule has 3 aromatic carbocycles. The van der Waals surface area contributed by atoms with Gasteiger partial charge in [-0.05, 0) is 51.8 Å². The molecule has 5 heteroatoms. The van der Waals surface area contributed by atoms with Crippen molar-refractivity contribution in [2.24, 2.45) is 5.41 Å². The van der Waals surface area contributed by atoms with Gasteiger partial charge in [0, 0.05) is 13.0 Å². The van der Waals surface area contributed by atoms with Crippen LogP contribution in [0.5, 0.6) is 0 Å². The van der Waals surface area contributed by atoms with Crippen LogP contribution < -0.4 is 4.90 Å². The summed E-state index contributed by atoms with van der Waals surface area (Å²) in [6.45, 7) is 6.49. The number of rotatable bonds is 4. The highest BCUT2D eigenvalue weighted by Gasteiger charge is 2.36. The van der Waals surface area contributed by atoms with E-state index in [0.29, 0.717) is 19.6 Å². The number of morpholine rings is 1. The van der Waals surface area contributed by atoms with Gasteiger partial charge in [-0.3, -0.25) is 4.79 Å². The molecule has 1 fully saturated rings. The lowest BCUT2D eigenvalue weighted by Gasteiger charge is -2.35. The number of hydrogen-bond acceptors (Lipinski definition) is 5. The summed E-state index contributed by atoms with van der Waals surface area (Å²) in [4.78, 5) is 21.0. The van der Waals surface area contributed by atoms with E-state index in [1.807, 2.05) is 0 Å². The van der Waals surface area contributed by atoms with Gasteiger partial charge in [0.25, 0.3) is 0 Å². The van der Waals surface area contributed by atoms with E-state index in [1.165, 1.54) is 27.5 Å². The molecule has 1 atom stereocenters.